The zero-order chi connectivity index (χ0) is 21.8. The third-order valence-electron chi connectivity index (χ3n) is 4.63. The topological polar surface area (TPSA) is 38.8 Å². The van der Waals surface area contributed by atoms with Crippen molar-refractivity contribution in [3.63, 3.8) is 0 Å². The number of amides is 1. The van der Waals surface area contributed by atoms with Crippen molar-refractivity contribution in [2.75, 3.05) is 25.7 Å². The Bertz CT molecular complexity index is 849. The highest BCUT2D eigenvalue weighted by Crippen LogP contribution is 2.32. The second-order valence-corrected chi connectivity index (χ2v) is 7.97. The van der Waals surface area contributed by atoms with Crippen LogP contribution in [0.25, 0.3) is 5.57 Å². The summed E-state index contributed by atoms with van der Waals surface area (Å²) in [5.41, 5.74) is 3.16. The fraction of sp³-hybridized carbons (Fsp3) is 0.320. The maximum absolute atomic E-state index is 13.0. The van der Waals surface area contributed by atoms with E-state index in [1.54, 1.807) is 26.0 Å². The van der Waals surface area contributed by atoms with Crippen molar-refractivity contribution in [1.82, 2.24) is 4.90 Å². The van der Waals surface area contributed by atoms with Gasteiger partial charge in [-0.2, -0.15) is 11.8 Å². The number of allylic oxidation sites excluding steroid dienone is 2. The summed E-state index contributed by atoms with van der Waals surface area (Å²) in [5.74, 6) is 2.82. The predicted molar refractivity (Wildman–Crippen MR) is 127 cm³/mol. The van der Waals surface area contributed by atoms with E-state index in [4.69, 9.17) is 9.47 Å². The van der Waals surface area contributed by atoms with Crippen LogP contribution in [0, 0.1) is 0 Å². The maximum atomic E-state index is 13.0. The normalized spacial score (nSPS) is 11.1. The molecule has 0 N–H and O–H groups in total. The Morgan fingerprint density at radius 1 is 1.10 bits per heavy atom. The number of thioether (sulfide) groups is 1. The van der Waals surface area contributed by atoms with Gasteiger partial charge < -0.3 is 14.4 Å². The standard InChI is InChI=1S/C25H31NO3S/c1-5-7-13-22(21-14-15-23(28-3)24(16-21)29-4)18-26(25(27)19-30-6-2)17-20-11-9-8-10-12-20/h5,8-12,14-16,18H,1,6-7,13,17,19H2,2-4H3/b22-18-. The molecular weight excluding hydrogens is 394 g/mol. The zero-order valence-electron chi connectivity index (χ0n) is 18.1. The summed E-state index contributed by atoms with van der Waals surface area (Å²) in [4.78, 5) is 14.8. The Morgan fingerprint density at radius 2 is 1.83 bits per heavy atom. The van der Waals surface area contributed by atoms with Gasteiger partial charge in [-0.05, 0) is 47.4 Å². The summed E-state index contributed by atoms with van der Waals surface area (Å²) in [7, 11) is 3.25. The monoisotopic (exact) mass is 425 g/mol. The van der Waals surface area contributed by atoms with Gasteiger partial charge in [-0.1, -0.05) is 49.4 Å². The molecule has 160 valence electrons. The highest BCUT2D eigenvalue weighted by molar-refractivity contribution is 7.99. The van der Waals surface area contributed by atoms with E-state index in [0.29, 0.717) is 23.8 Å². The minimum Gasteiger partial charge on any atom is -0.493 e. The average molecular weight is 426 g/mol. The van der Waals surface area contributed by atoms with Crippen molar-refractivity contribution in [3.8, 4) is 11.5 Å². The highest BCUT2D eigenvalue weighted by Gasteiger charge is 2.15. The summed E-state index contributed by atoms with van der Waals surface area (Å²) >= 11 is 1.63. The molecule has 0 radical (unpaired) electrons. The number of hydrogen-bond donors (Lipinski definition) is 0. The lowest BCUT2D eigenvalue weighted by atomic mass is 10.0. The lowest BCUT2D eigenvalue weighted by Gasteiger charge is -2.21. The maximum Gasteiger partial charge on any atom is 0.236 e. The van der Waals surface area contributed by atoms with E-state index in [2.05, 4.69) is 13.5 Å². The molecule has 0 saturated carbocycles. The number of carbonyl (C=O) groups is 1. The molecule has 4 nitrogen and oxygen atoms in total. The van der Waals surface area contributed by atoms with Gasteiger partial charge in [0, 0.05) is 6.20 Å². The zero-order valence-corrected chi connectivity index (χ0v) is 18.9. The predicted octanol–water partition coefficient (Wildman–Crippen LogP) is 5.79. The van der Waals surface area contributed by atoms with Crippen molar-refractivity contribution < 1.29 is 14.3 Å². The molecule has 5 heteroatoms. The molecule has 0 saturated heterocycles. The summed E-state index contributed by atoms with van der Waals surface area (Å²) in [5, 5.41) is 0. The van der Waals surface area contributed by atoms with E-state index in [1.165, 1.54) is 0 Å². The van der Waals surface area contributed by atoms with Crippen LogP contribution in [-0.4, -0.2) is 36.5 Å². The van der Waals surface area contributed by atoms with Gasteiger partial charge in [0.05, 0.1) is 26.5 Å². The van der Waals surface area contributed by atoms with Gasteiger partial charge in [-0.3, -0.25) is 4.79 Å². The molecule has 2 aromatic rings. The minimum absolute atomic E-state index is 0.0993. The summed E-state index contributed by atoms with van der Waals surface area (Å²) < 4.78 is 10.8. The number of methoxy groups -OCH3 is 2. The Hall–Kier alpha value is -2.66. The number of ether oxygens (including phenoxy) is 2. The van der Waals surface area contributed by atoms with Gasteiger partial charge in [0.25, 0.3) is 0 Å². The molecule has 0 aliphatic carbocycles. The Morgan fingerprint density at radius 3 is 2.47 bits per heavy atom. The Kier molecular flexibility index (Phi) is 10.1. The van der Waals surface area contributed by atoms with E-state index >= 15 is 0 Å². The van der Waals surface area contributed by atoms with Crippen LogP contribution in [0.2, 0.25) is 0 Å². The lowest BCUT2D eigenvalue weighted by Crippen LogP contribution is -2.27. The van der Waals surface area contributed by atoms with Crippen LogP contribution in [0.5, 0.6) is 11.5 Å². The first-order valence-electron chi connectivity index (χ1n) is 10.1. The minimum atomic E-state index is 0.0993. The number of nitrogens with zero attached hydrogens (tertiary/aromatic N) is 1. The third kappa shape index (κ3) is 6.99. The van der Waals surface area contributed by atoms with Crippen LogP contribution in [0.15, 0.2) is 67.4 Å². The van der Waals surface area contributed by atoms with Crippen molar-refractivity contribution in [2.24, 2.45) is 0 Å². The van der Waals surface area contributed by atoms with E-state index in [1.807, 2.05) is 65.7 Å². The molecule has 30 heavy (non-hydrogen) atoms. The second kappa shape index (κ2) is 12.8. The van der Waals surface area contributed by atoms with Crippen molar-refractivity contribution in [3.05, 3.63) is 78.5 Å². The molecule has 0 atom stereocenters. The number of benzene rings is 2. The van der Waals surface area contributed by atoms with Crippen molar-refractivity contribution >= 4 is 23.2 Å². The molecule has 0 unspecified atom stereocenters. The highest BCUT2D eigenvalue weighted by atomic mass is 32.2. The molecule has 0 fully saturated rings. The molecule has 0 bridgehead atoms. The van der Waals surface area contributed by atoms with Crippen LogP contribution >= 0.6 is 11.8 Å². The molecule has 0 heterocycles. The van der Waals surface area contributed by atoms with Crippen LogP contribution in [0.3, 0.4) is 0 Å². The number of rotatable bonds is 12. The van der Waals surface area contributed by atoms with E-state index in [-0.39, 0.29) is 5.91 Å². The molecule has 0 aromatic heterocycles. The van der Waals surface area contributed by atoms with Crippen molar-refractivity contribution in [2.45, 2.75) is 26.3 Å². The average Bonchev–Trinajstić information content (AvgIpc) is 2.79. The van der Waals surface area contributed by atoms with Crippen LogP contribution in [-0.2, 0) is 11.3 Å². The molecule has 0 spiro atoms. The van der Waals surface area contributed by atoms with Crippen LogP contribution in [0.1, 0.15) is 30.9 Å². The van der Waals surface area contributed by atoms with Gasteiger partial charge in [0.2, 0.25) is 5.91 Å². The summed E-state index contributed by atoms with van der Waals surface area (Å²) in [6.07, 6.45) is 5.47. The molecule has 2 aromatic carbocycles. The summed E-state index contributed by atoms with van der Waals surface area (Å²) in [6, 6.07) is 15.9. The number of carbonyl (C=O) groups excluding carboxylic acids is 1. The van der Waals surface area contributed by atoms with E-state index in [9.17, 15) is 4.79 Å². The fourth-order valence-electron chi connectivity index (χ4n) is 3.02. The van der Waals surface area contributed by atoms with Crippen LogP contribution in [0.4, 0.5) is 0 Å². The Labute approximate surface area is 184 Å². The largest absolute Gasteiger partial charge is 0.493 e. The van der Waals surface area contributed by atoms with Gasteiger partial charge in [-0.15, -0.1) is 6.58 Å². The molecule has 1 amide bonds. The van der Waals surface area contributed by atoms with Gasteiger partial charge in [0.1, 0.15) is 0 Å². The molecule has 0 aliphatic rings. The van der Waals surface area contributed by atoms with E-state index < -0.39 is 0 Å². The quantitative estimate of drug-likeness (QED) is 0.403. The SMILES string of the molecule is C=CCC/C(=C/N(Cc1ccccc1)C(=O)CSCC)c1ccc(OC)c(OC)c1. The first-order chi connectivity index (χ1) is 14.6. The van der Waals surface area contributed by atoms with Gasteiger partial charge in [-0.25, -0.2) is 0 Å². The first-order valence-corrected chi connectivity index (χ1v) is 11.2. The number of hydrogen-bond acceptors (Lipinski definition) is 4. The smallest absolute Gasteiger partial charge is 0.236 e. The van der Waals surface area contributed by atoms with Crippen LogP contribution < -0.4 is 9.47 Å². The van der Waals surface area contributed by atoms with Gasteiger partial charge >= 0.3 is 0 Å². The van der Waals surface area contributed by atoms with Gasteiger partial charge in [0.15, 0.2) is 11.5 Å². The third-order valence-corrected chi connectivity index (χ3v) is 5.49. The lowest BCUT2D eigenvalue weighted by molar-refractivity contribution is -0.126. The first kappa shape index (κ1) is 23.6. The molecular formula is C25H31NO3S. The molecule has 2 rings (SSSR count). The van der Waals surface area contributed by atoms with E-state index in [0.717, 1.165) is 35.3 Å². The summed E-state index contributed by atoms with van der Waals surface area (Å²) in [6.45, 7) is 6.45. The van der Waals surface area contributed by atoms with Crippen molar-refractivity contribution in [1.29, 1.82) is 0 Å². The second-order valence-electron chi connectivity index (χ2n) is 6.70. The Balaban J connectivity index is 2.43. The fourth-order valence-corrected chi connectivity index (χ4v) is 3.57. The molecule has 0 aliphatic heterocycles.